The van der Waals surface area contributed by atoms with Gasteiger partial charge in [0.2, 0.25) is 11.8 Å². The third-order valence-corrected chi connectivity index (χ3v) is 5.59. The van der Waals surface area contributed by atoms with E-state index in [0.29, 0.717) is 5.75 Å². The lowest BCUT2D eigenvalue weighted by atomic mass is 9.97. The molecule has 0 saturated heterocycles. The maximum absolute atomic E-state index is 13.1. The van der Waals surface area contributed by atoms with E-state index < -0.39 is 65.8 Å². The van der Waals surface area contributed by atoms with E-state index in [1.165, 1.54) is 58.2 Å². The number of carbonyl (C=O) groups is 4. The van der Waals surface area contributed by atoms with Gasteiger partial charge in [0.25, 0.3) is 11.7 Å². The first-order valence-corrected chi connectivity index (χ1v) is 11.9. The Morgan fingerprint density at radius 2 is 1.39 bits per heavy atom. The zero-order valence-corrected chi connectivity index (χ0v) is 22.1. The Morgan fingerprint density at radius 1 is 0.780 bits per heavy atom. The van der Waals surface area contributed by atoms with Crippen molar-refractivity contribution >= 4 is 23.5 Å². The summed E-state index contributed by atoms with van der Waals surface area (Å²) in [6.07, 6.45) is -10.2. The SMILES string of the molecule is COc1ccc([C@H](NC(=O)[C@H](C)NC(=O)c2cccc(OC(F)(F)F)c2)C(=O)N[C@H](C(=O)C(F)(F)F)C(C)C)cc1. The van der Waals surface area contributed by atoms with E-state index in [-0.39, 0.29) is 11.1 Å². The Morgan fingerprint density at radius 3 is 1.90 bits per heavy atom. The van der Waals surface area contributed by atoms with E-state index in [4.69, 9.17) is 4.74 Å². The second-order valence-electron chi connectivity index (χ2n) is 9.08. The topological polar surface area (TPSA) is 123 Å². The van der Waals surface area contributed by atoms with Gasteiger partial charge in [-0.2, -0.15) is 13.2 Å². The number of hydrogen-bond donors (Lipinski definition) is 3. The number of alkyl halides is 6. The maximum atomic E-state index is 13.1. The summed E-state index contributed by atoms with van der Waals surface area (Å²) in [5.41, 5.74) is -0.171. The third-order valence-electron chi connectivity index (χ3n) is 5.59. The van der Waals surface area contributed by atoms with Crippen LogP contribution in [0.1, 0.15) is 42.7 Å². The van der Waals surface area contributed by atoms with Crippen LogP contribution in [0.3, 0.4) is 0 Å². The summed E-state index contributed by atoms with van der Waals surface area (Å²) in [5.74, 6) is -6.53. The molecule has 0 aliphatic heterocycles. The molecule has 2 aromatic rings. The lowest BCUT2D eigenvalue weighted by molar-refractivity contribution is -0.274. The van der Waals surface area contributed by atoms with Gasteiger partial charge in [-0.1, -0.05) is 32.0 Å². The van der Waals surface area contributed by atoms with Gasteiger partial charge in [-0.3, -0.25) is 19.2 Å². The van der Waals surface area contributed by atoms with Gasteiger partial charge < -0.3 is 25.4 Å². The molecule has 3 amide bonds. The highest BCUT2D eigenvalue weighted by Crippen LogP contribution is 2.25. The predicted molar refractivity (Wildman–Crippen MR) is 132 cm³/mol. The van der Waals surface area contributed by atoms with Crippen molar-refractivity contribution in [2.24, 2.45) is 5.92 Å². The van der Waals surface area contributed by atoms with Crippen molar-refractivity contribution in [2.45, 2.75) is 51.4 Å². The van der Waals surface area contributed by atoms with Crippen LogP contribution in [-0.2, 0) is 14.4 Å². The van der Waals surface area contributed by atoms with E-state index in [1.54, 1.807) is 0 Å². The van der Waals surface area contributed by atoms with Crippen LogP contribution in [0.5, 0.6) is 11.5 Å². The van der Waals surface area contributed by atoms with Crippen LogP contribution in [0, 0.1) is 5.92 Å². The monoisotopic (exact) mass is 591 g/mol. The fourth-order valence-corrected chi connectivity index (χ4v) is 3.49. The van der Waals surface area contributed by atoms with Gasteiger partial charge in [0.1, 0.15) is 23.6 Å². The maximum Gasteiger partial charge on any atom is 0.573 e. The normalized spacial score (nSPS) is 13.9. The zero-order chi connectivity index (χ0) is 31.1. The summed E-state index contributed by atoms with van der Waals surface area (Å²) in [6, 6.07) is 4.66. The molecule has 224 valence electrons. The van der Waals surface area contributed by atoms with Crippen molar-refractivity contribution in [3.8, 4) is 11.5 Å². The third kappa shape index (κ3) is 9.69. The van der Waals surface area contributed by atoms with Crippen molar-refractivity contribution < 1.29 is 55.0 Å². The van der Waals surface area contributed by atoms with Gasteiger partial charge in [-0.15, -0.1) is 13.2 Å². The first-order valence-electron chi connectivity index (χ1n) is 11.9. The minimum absolute atomic E-state index is 0.106. The molecule has 0 unspecified atom stereocenters. The standard InChI is InChI=1S/C26H27F6N3O6/c1-13(2)19(21(36)25(27,28)29)34-24(39)20(15-8-10-17(40-4)11-9-15)35-22(37)14(3)33-23(38)16-6-5-7-18(12-16)41-26(30,31)32/h5-14,19-20H,1-4H3,(H,33,38)(H,34,39)(H,35,37)/t14-,19-,20-/m0/s1. The molecule has 15 heteroatoms. The number of amides is 3. The molecule has 3 N–H and O–H groups in total. The summed E-state index contributed by atoms with van der Waals surface area (Å²) >= 11 is 0. The molecule has 41 heavy (non-hydrogen) atoms. The lowest BCUT2D eigenvalue weighted by Gasteiger charge is -2.26. The largest absolute Gasteiger partial charge is 0.573 e. The number of carbonyl (C=O) groups excluding carboxylic acids is 4. The summed E-state index contributed by atoms with van der Waals surface area (Å²) in [6.45, 7) is 3.79. The number of Topliss-reactive ketones (excluding diaryl/α,β-unsaturated/α-hetero) is 1. The molecule has 0 spiro atoms. The van der Waals surface area contributed by atoms with Crippen LogP contribution in [0.2, 0.25) is 0 Å². The van der Waals surface area contributed by atoms with Crippen LogP contribution >= 0.6 is 0 Å². The Bertz CT molecular complexity index is 1250. The van der Waals surface area contributed by atoms with Crippen molar-refractivity contribution in [3.05, 3.63) is 59.7 Å². The number of rotatable bonds is 11. The van der Waals surface area contributed by atoms with E-state index >= 15 is 0 Å². The molecule has 0 aliphatic rings. The fraction of sp³-hybridized carbons (Fsp3) is 0.385. The highest BCUT2D eigenvalue weighted by Gasteiger charge is 2.45. The first kappa shape index (κ1) is 32.9. The molecule has 0 saturated carbocycles. The number of methoxy groups -OCH3 is 1. The molecule has 2 rings (SSSR count). The van der Waals surface area contributed by atoms with E-state index in [1.807, 2.05) is 5.32 Å². The molecule has 9 nitrogen and oxygen atoms in total. The van der Waals surface area contributed by atoms with Gasteiger partial charge in [0.05, 0.1) is 13.2 Å². The van der Waals surface area contributed by atoms with Crippen molar-refractivity contribution in [2.75, 3.05) is 7.11 Å². The first-order chi connectivity index (χ1) is 18.9. The molecule has 0 heterocycles. The second kappa shape index (κ2) is 13.4. The summed E-state index contributed by atoms with van der Waals surface area (Å²) in [4.78, 5) is 50.5. The summed E-state index contributed by atoms with van der Waals surface area (Å²) in [7, 11) is 1.37. The Labute approximate surface area is 230 Å². The smallest absolute Gasteiger partial charge is 0.497 e. The second-order valence-corrected chi connectivity index (χ2v) is 9.08. The molecule has 2 aromatic carbocycles. The van der Waals surface area contributed by atoms with Crippen LogP contribution in [-0.4, -0.2) is 55.2 Å². The predicted octanol–water partition coefficient (Wildman–Crippen LogP) is 3.84. The van der Waals surface area contributed by atoms with Gasteiger partial charge in [-0.05, 0) is 48.7 Å². The Hall–Kier alpha value is -4.30. The molecule has 0 radical (unpaired) electrons. The van der Waals surface area contributed by atoms with Crippen LogP contribution in [0.25, 0.3) is 0 Å². The Kier molecular flexibility index (Phi) is 10.7. The molecule has 0 aliphatic carbocycles. The van der Waals surface area contributed by atoms with Crippen molar-refractivity contribution in [3.63, 3.8) is 0 Å². The van der Waals surface area contributed by atoms with Gasteiger partial charge in [0.15, 0.2) is 0 Å². The van der Waals surface area contributed by atoms with Crippen LogP contribution in [0.15, 0.2) is 48.5 Å². The van der Waals surface area contributed by atoms with E-state index in [9.17, 15) is 45.5 Å². The lowest BCUT2D eigenvalue weighted by Crippen LogP contribution is -2.54. The zero-order valence-electron chi connectivity index (χ0n) is 22.1. The number of hydrogen-bond acceptors (Lipinski definition) is 6. The summed E-state index contributed by atoms with van der Waals surface area (Å²) in [5, 5.41) is 6.61. The molecule has 0 aromatic heterocycles. The van der Waals surface area contributed by atoms with Gasteiger partial charge >= 0.3 is 12.5 Å². The number of halogens is 6. The Balaban J connectivity index is 2.26. The number of benzene rings is 2. The van der Waals surface area contributed by atoms with E-state index in [0.717, 1.165) is 18.2 Å². The van der Waals surface area contributed by atoms with Crippen molar-refractivity contribution in [1.82, 2.24) is 16.0 Å². The molecule has 0 bridgehead atoms. The van der Waals surface area contributed by atoms with Crippen LogP contribution in [0.4, 0.5) is 26.3 Å². The quantitative estimate of drug-likeness (QED) is 0.342. The van der Waals surface area contributed by atoms with E-state index in [2.05, 4.69) is 15.4 Å². The molecule has 3 atom stereocenters. The molecular weight excluding hydrogens is 564 g/mol. The molecular formula is C26H27F6N3O6. The minimum Gasteiger partial charge on any atom is -0.497 e. The van der Waals surface area contributed by atoms with Gasteiger partial charge in [0, 0.05) is 5.56 Å². The van der Waals surface area contributed by atoms with Crippen LogP contribution < -0.4 is 25.4 Å². The molecule has 0 fully saturated rings. The number of nitrogens with one attached hydrogen (secondary N) is 3. The number of ketones is 1. The average molecular weight is 592 g/mol. The average Bonchev–Trinajstić information content (AvgIpc) is 2.88. The minimum atomic E-state index is -5.23. The highest BCUT2D eigenvalue weighted by molar-refractivity contribution is 5.99. The van der Waals surface area contributed by atoms with Gasteiger partial charge in [-0.25, -0.2) is 0 Å². The number of ether oxygens (including phenoxy) is 2. The fourth-order valence-electron chi connectivity index (χ4n) is 3.49. The van der Waals surface area contributed by atoms with Crippen molar-refractivity contribution in [1.29, 1.82) is 0 Å². The summed E-state index contributed by atoms with van der Waals surface area (Å²) < 4.78 is 85.6. The highest BCUT2D eigenvalue weighted by atomic mass is 19.4.